The zero-order valence-electron chi connectivity index (χ0n) is 9.68. The molecule has 2 aliphatic rings. The Bertz CT molecular complexity index is 457. The standard InChI is InChI=1S/C12H13N3O3/c13-15-14-9-6-17-12(8-4-2-1-3-5-8)18-11(9)10-7-16-10/h1-5,9-12H,6-7H2/t9-,10+,11-,12-/m0/s1. The average Bonchev–Trinajstić information content (AvgIpc) is 3.25. The van der Waals surface area contributed by atoms with Gasteiger partial charge in [-0.25, -0.2) is 0 Å². The molecule has 94 valence electrons. The van der Waals surface area contributed by atoms with E-state index in [1.807, 2.05) is 30.3 Å². The fourth-order valence-electron chi connectivity index (χ4n) is 2.08. The smallest absolute Gasteiger partial charge is 0.184 e. The molecule has 0 aliphatic carbocycles. The first-order valence-corrected chi connectivity index (χ1v) is 5.86. The summed E-state index contributed by atoms with van der Waals surface area (Å²) in [7, 11) is 0. The first-order chi connectivity index (χ1) is 8.88. The second kappa shape index (κ2) is 4.96. The minimum absolute atomic E-state index is 0.0237. The van der Waals surface area contributed by atoms with Crippen LogP contribution in [0, 0.1) is 0 Å². The summed E-state index contributed by atoms with van der Waals surface area (Å²) < 4.78 is 16.7. The minimum atomic E-state index is -0.412. The van der Waals surface area contributed by atoms with E-state index in [2.05, 4.69) is 10.0 Å². The van der Waals surface area contributed by atoms with Gasteiger partial charge in [-0.2, -0.15) is 0 Å². The van der Waals surface area contributed by atoms with Gasteiger partial charge >= 0.3 is 0 Å². The van der Waals surface area contributed by atoms with Crippen LogP contribution >= 0.6 is 0 Å². The molecular weight excluding hydrogens is 234 g/mol. The molecule has 2 heterocycles. The lowest BCUT2D eigenvalue weighted by Gasteiger charge is -2.33. The molecule has 4 atom stereocenters. The van der Waals surface area contributed by atoms with Gasteiger partial charge in [0.15, 0.2) is 6.29 Å². The van der Waals surface area contributed by atoms with Gasteiger partial charge in [-0.3, -0.25) is 0 Å². The highest BCUT2D eigenvalue weighted by molar-refractivity contribution is 5.16. The highest BCUT2D eigenvalue weighted by atomic mass is 16.7. The molecule has 0 amide bonds. The number of rotatable bonds is 3. The molecule has 2 aliphatic heterocycles. The maximum Gasteiger partial charge on any atom is 0.184 e. The number of benzene rings is 1. The molecule has 0 aromatic heterocycles. The number of ether oxygens (including phenoxy) is 3. The Kier molecular flexibility index (Phi) is 3.17. The van der Waals surface area contributed by atoms with Crippen LogP contribution in [-0.4, -0.2) is 31.5 Å². The molecule has 0 radical (unpaired) electrons. The average molecular weight is 247 g/mol. The van der Waals surface area contributed by atoms with Crippen molar-refractivity contribution in [2.24, 2.45) is 5.11 Å². The molecule has 0 spiro atoms. The molecule has 6 nitrogen and oxygen atoms in total. The molecule has 6 heteroatoms. The highest BCUT2D eigenvalue weighted by Crippen LogP contribution is 2.33. The number of azide groups is 1. The summed E-state index contributed by atoms with van der Waals surface area (Å²) in [5.41, 5.74) is 9.49. The summed E-state index contributed by atoms with van der Waals surface area (Å²) >= 11 is 0. The van der Waals surface area contributed by atoms with Crippen molar-refractivity contribution in [2.75, 3.05) is 13.2 Å². The predicted octanol–water partition coefficient (Wildman–Crippen LogP) is 2.18. The quantitative estimate of drug-likeness (QED) is 0.355. The Balaban J connectivity index is 1.75. The fraction of sp³-hybridized carbons (Fsp3) is 0.500. The normalized spacial score (nSPS) is 34.7. The maximum atomic E-state index is 8.53. The lowest BCUT2D eigenvalue weighted by molar-refractivity contribution is -0.228. The van der Waals surface area contributed by atoms with E-state index in [0.29, 0.717) is 13.2 Å². The summed E-state index contributed by atoms with van der Waals surface area (Å²) in [5, 5.41) is 3.70. The van der Waals surface area contributed by atoms with Gasteiger partial charge in [0.05, 0.1) is 19.3 Å². The second-order valence-corrected chi connectivity index (χ2v) is 4.32. The van der Waals surface area contributed by atoms with E-state index in [1.54, 1.807) is 0 Å². The maximum absolute atomic E-state index is 8.53. The number of hydrogen-bond acceptors (Lipinski definition) is 4. The van der Waals surface area contributed by atoms with Crippen molar-refractivity contribution in [1.82, 2.24) is 0 Å². The molecule has 2 fully saturated rings. The Morgan fingerprint density at radius 1 is 1.17 bits per heavy atom. The molecule has 1 aromatic carbocycles. The lowest BCUT2D eigenvalue weighted by Crippen LogP contribution is -2.42. The van der Waals surface area contributed by atoms with E-state index < -0.39 is 6.29 Å². The Morgan fingerprint density at radius 2 is 1.94 bits per heavy atom. The van der Waals surface area contributed by atoms with Crippen molar-refractivity contribution in [3.05, 3.63) is 46.3 Å². The summed E-state index contributed by atoms with van der Waals surface area (Å²) in [5.74, 6) is 0. The van der Waals surface area contributed by atoms with Gasteiger partial charge in [-0.1, -0.05) is 35.4 Å². The first-order valence-electron chi connectivity index (χ1n) is 5.86. The summed E-state index contributed by atoms with van der Waals surface area (Å²) in [4.78, 5) is 2.83. The lowest BCUT2D eigenvalue weighted by atomic mass is 10.1. The van der Waals surface area contributed by atoms with Crippen LogP contribution in [0.15, 0.2) is 35.4 Å². The topological polar surface area (TPSA) is 79.8 Å². The third-order valence-corrected chi connectivity index (χ3v) is 3.08. The molecule has 18 heavy (non-hydrogen) atoms. The van der Waals surface area contributed by atoms with Gasteiger partial charge in [0.1, 0.15) is 12.2 Å². The first kappa shape index (κ1) is 11.5. The van der Waals surface area contributed by atoms with Crippen molar-refractivity contribution < 1.29 is 14.2 Å². The van der Waals surface area contributed by atoms with Gasteiger partial charge in [-0.15, -0.1) is 0 Å². The van der Waals surface area contributed by atoms with Crippen LogP contribution in [-0.2, 0) is 14.2 Å². The fourth-order valence-corrected chi connectivity index (χ4v) is 2.08. The van der Waals surface area contributed by atoms with Crippen molar-refractivity contribution in [3.63, 3.8) is 0 Å². The van der Waals surface area contributed by atoms with E-state index in [9.17, 15) is 0 Å². The van der Waals surface area contributed by atoms with Gasteiger partial charge in [0, 0.05) is 10.5 Å². The number of nitrogens with zero attached hydrogens (tertiary/aromatic N) is 3. The molecule has 3 rings (SSSR count). The van der Waals surface area contributed by atoms with Crippen molar-refractivity contribution in [2.45, 2.75) is 24.5 Å². The summed E-state index contributed by atoms with van der Waals surface area (Å²) in [6.07, 6.45) is -0.610. The largest absolute Gasteiger partial charge is 0.370 e. The third-order valence-electron chi connectivity index (χ3n) is 3.08. The van der Waals surface area contributed by atoms with Crippen molar-refractivity contribution >= 4 is 0 Å². The molecule has 2 saturated heterocycles. The second-order valence-electron chi connectivity index (χ2n) is 4.32. The van der Waals surface area contributed by atoms with Crippen LogP contribution < -0.4 is 0 Å². The highest BCUT2D eigenvalue weighted by Gasteiger charge is 2.43. The summed E-state index contributed by atoms with van der Waals surface area (Å²) in [6.45, 7) is 1.01. The third kappa shape index (κ3) is 2.32. The van der Waals surface area contributed by atoms with Crippen LogP contribution in [0.3, 0.4) is 0 Å². The molecule has 1 aromatic rings. The van der Waals surface area contributed by atoms with Gasteiger partial charge in [0.25, 0.3) is 0 Å². The summed E-state index contributed by atoms with van der Waals surface area (Å²) in [6, 6.07) is 9.39. The Labute approximate surface area is 104 Å². The SMILES string of the molecule is [N-]=[N+]=N[C@H]1CO[C@H](c2ccccc2)O[C@@H]1[C@H]1CO1. The zero-order chi connectivity index (χ0) is 12.4. The number of epoxide rings is 1. The molecule has 0 N–H and O–H groups in total. The van der Waals surface area contributed by atoms with Crippen LogP contribution in [0.25, 0.3) is 10.4 Å². The minimum Gasteiger partial charge on any atom is -0.370 e. The van der Waals surface area contributed by atoms with E-state index in [1.165, 1.54) is 0 Å². The van der Waals surface area contributed by atoms with E-state index in [0.717, 1.165) is 5.56 Å². The van der Waals surface area contributed by atoms with E-state index in [4.69, 9.17) is 19.7 Å². The van der Waals surface area contributed by atoms with Gasteiger partial charge < -0.3 is 14.2 Å². The molecule has 0 unspecified atom stereocenters. The van der Waals surface area contributed by atoms with E-state index >= 15 is 0 Å². The van der Waals surface area contributed by atoms with Gasteiger partial charge in [-0.05, 0) is 5.53 Å². The monoisotopic (exact) mass is 247 g/mol. The molecule has 0 bridgehead atoms. The predicted molar refractivity (Wildman–Crippen MR) is 62.7 cm³/mol. The van der Waals surface area contributed by atoms with Crippen LogP contribution in [0.2, 0.25) is 0 Å². The van der Waals surface area contributed by atoms with Crippen molar-refractivity contribution in [3.8, 4) is 0 Å². The van der Waals surface area contributed by atoms with Crippen LogP contribution in [0.4, 0.5) is 0 Å². The van der Waals surface area contributed by atoms with Crippen molar-refractivity contribution in [1.29, 1.82) is 0 Å². The van der Waals surface area contributed by atoms with Crippen LogP contribution in [0.5, 0.6) is 0 Å². The van der Waals surface area contributed by atoms with Crippen LogP contribution in [0.1, 0.15) is 11.9 Å². The molecule has 0 saturated carbocycles. The van der Waals surface area contributed by atoms with Gasteiger partial charge in [0.2, 0.25) is 0 Å². The Morgan fingerprint density at radius 3 is 2.61 bits per heavy atom. The molecular formula is C12H13N3O3. The zero-order valence-corrected chi connectivity index (χ0v) is 9.68. The number of hydrogen-bond donors (Lipinski definition) is 0. The Hall–Kier alpha value is -1.59. The van der Waals surface area contributed by atoms with E-state index in [-0.39, 0.29) is 18.2 Å².